The normalized spacial score (nSPS) is 11.1. The summed E-state index contributed by atoms with van der Waals surface area (Å²) in [5.74, 6) is 1.08. The van der Waals surface area contributed by atoms with Crippen LogP contribution in [0, 0.1) is 6.92 Å². The van der Waals surface area contributed by atoms with Gasteiger partial charge in [-0.05, 0) is 35.0 Å². The van der Waals surface area contributed by atoms with Crippen LogP contribution in [0.5, 0.6) is 0 Å². The molecule has 0 aliphatic heterocycles. The first kappa shape index (κ1) is 13.0. The van der Waals surface area contributed by atoms with Crippen molar-refractivity contribution >= 4 is 59.9 Å². The van der Waals surface area contributed by atoms with E-state index < -0.39 is 0 Å². The van der Waals surface area contributed by atoms with Crippen LogP contribution in [-0.4, -0.2) is 15.0 Å². The van der Waals surface area contributed by atoms with Gasteiger partial charge in [0, 0.05) is 20.5 Å². The van der Waals surface area contributed by atoms with E-state index in [1.165, 1.54) is 0 Å². The van der Waals surface area contributed by atoms with Gasteiger partial charge >= 0.3 is 0 Å². The average molecular weight is 400 g/mol. The maximum Gasteiger partial charge on any atom is 0.173 e. The van der Waals surface area contributed by atoms with E-state index in [4.69, 9.17) is 5.73 Å². The number of nitrogens with two attached hydrogens (primary N) is 1. The van der Waals surface area contributed by atoms with Gasteiger partial charge < -0.3 is 5.73 Å². The van der Waals surface area contributed by atoms with E-state index in [-0.39, 0.29) is 0 Å². The number of nitrogens with zero attached hydrogens (tertiary/aromatic N) is 3. The van der Waals surface area contributed by atoms with Gasteiger partial charge in [0.05, 0.1) is 15.4 Å². The van der Waals surface area contributed by atoms with Crippen LogP contribution in [0.3, 0.4) is 0 Å². The van der Waals surface area contributed by atoms with Crippen molar-refractivity contribution in [2.75, 3.05) is 5.73 Å². The highest BCUT2D eigenvalue weighted by molar-refractivity contribution is 9.11. The van der Waals surface area contributed by atoms with Crippen LogP contribution in [0.4, 0.5) is 5.82 Å². The summed E-state index contributed by atoms with van der Waals surface area (Å²) >= 11 is 8.49. The van der Waals surface area contributed by atoms with Crippen molar-refractivity contribution in [1.82, 2.24) is 15.0 Å². The number of aryl methyl sites for hydroxylation is 1. The van der Waals surface area contributed by atoms with Crippen LogP contribution in [0.2, 0.25) is 0 Å². The molecule has 0 aliphatic rings. The van der Waals surface area contributed by atoms with Crippen molar-refractivity contribution in [3.8, 4) is 10.7 Å². The minimum absolute atomic E-state index is 0.466. The maximum atomic E-state index is 6.03. The Morgan fingerprint density at radius 3 is 2.68 bits per heavy atom. The second-order valence-electron chi connectivity index (χ2n) is 3.96. The molecule has 96 valence electrons. The van der Waals surface area contributed by atoms with Crippen LogP contribution in [0.25, 0.3) is 21.6 Å². The fourth-order valence-electron chi connectivity index (χ4n) is 1.76. The topological polar surface area (TPSA) is 64.7 Å². The summed E-state index contributed by atoms with van der Waals surface area (Å²) in [7, 11) is 0. The highest BCUT2D eigenvalue weighted by Crippen LogP contribution is 2.32. The minimum atomic E-state index is 0.466. The Balaban J connectivity index is 2.30. The Morgan fingerprint density at radius 1 is 1.21 bits per heavy atom. The third kappa shape index (κ3) is 2.37. The molecule has 7 heteroatoms. The van der Waals surface area contributed by atoms with Crippen molar-refractivity contribution in [1.29, 1.82) is 0 Å². The summed E-state index contributed by atoms with van der Waals surface area (Å²) in [6.45, 7) is 1.95. The Morgan fingerprint density at radius 2 is 2.00 bits per heavy atom. The summed E-state index contributed by atoms with van der Waals surface area (Å²) in [6, 6.07) is 3.85. The van der Waals surface area contributed by atoms with Crippen molar-refractivity contribution in [3.05, 3.63) is 32.3 Å². The molecular weight excluding hydrogens is 392 g/mol. The molecule has 3 rings (SSSR count). The molecule has 0 aliphatic carbocycles. The number of hydrogen-bond donors (Lipinski definition) is 1. The molecule has 19 heavy (non-hydrogen) atoms. The van der Waals surface area contributed by atoms with Crippen LogP contribution in [0.1, 0.15) is 5.01 Å². The highest BCUT2D eigenvalue weighted by Gasteiger charge is 2.12. The molecular formula is C12H8Br2N4S. The van der Waals surface area contributed by atoms with Crippen LogP contribution >= 0.6 is 43.2 Å². The van der Waals surface area contributed by atoms with Gasteiger partial charge in [-0.15, -0.1) is 11.3 Å². The number of nitrogen functional groups attached to an aromatic ring is 1. The predicted octanol–water partition coefficient (Wildman–Crippen LogP) is 4.17. The third-order valence-corrected chi connectivity index (χ3v) is 4.56. The zero-order valence-corrected chi connectivity index (χ0v) is 13.8. The lowest BCUT2D eigenvalue weighted by molar-refractivity contribution is 1.23. The fraction of sp³-hybridized carbons (Fsp3) is 0.0833. The van der Waals surface area contributed by atoms with E-state index in [0.717, 1.165) is 29.7 Å². The van der Waals surface area contributed by atoms with Gasteiger partial charge in [-0.1, -0.05) is 15.9 Å². The van der Waals surface area contributed by atoms with Crippen molar-refractivity contribution in [2.45, 2.75) is 6.92 Å². The zero-order chi connectivity index (χ0) is 13.6. The summed E-state index contributed by atoms with van der Waals surface area (Å²) < 4.78 is 1.82. The van der Waals surface area contributed by atoms with Crippen molar-refractivity contribution < 1.29 is 0 Å². The highest BCUT2D eigenvalue weighted by atomic mass is 79.9. The minimum Gasteiger partial charge on any atom is -0.383 e. The molecule has 0 radical (unpaired) electrons. The molecule has 1 aromatic carbocycles. The number of thiazole rings is 1. The third-order valence-electron chi connectivity index (χ3n) is 2.59. The number of fused-ring (bicyclic) bond motifs is 1. The van der Waals surface area contributed by atoms with E-state index in [9.17, 15) is 0 Å². The van der Waals surface area contributed by atoms with E-state index in [0.29, 0.717) is 11.6 Å². The predicted molar refractivity (Wildman–Crippen MR) is 85.2 cm³/mol. The molecule has 2 N–H and O–H groups in total. The lowest BCUT2D eigenvalue weighted by atomic mass is 10.2. The van der Waals surface area contributed by atoms with Crippen LogP contribution < -0.4 is 5.73 Å². The number of rotatable bonds is 1. The molecule has 0 unspecified atom stereocenters. The first-order valence-corrected chi connectivity index (χ1v) is 7.80. The van der Waals surface area contributed by atoms with Gasteiger partial charge in [-0.25, -0.2) is 15.0 Å². The van der Waals surface area contributed by atoms with Crippen LogP contribution in [0.15, 0.2) is 27.3 Å². The molecule has 2 aromatic heterocycles. The molecule has 2 heterocycles. The Bertz CT molecular complexity index is 785. The molecule has 0 bridgehead atoms. The molecule has 0 amide bonds. The molecule has 4 nitrogen and oxygen atoms in total. The number of halogens is 2. The molecule has 3 aromatic rings. The molecule has 0 fully saturated rings. The van der Waals surface area contributed by atoms with E-state index in [1.807, 2.05) is 19.1 Å². The van der Waals surface area contributed by atoms with Gasteiger partial charge in [0.1, 0.15) is 5.82 Å². The number of aromatic nitrogens is 3. The monoisotopic (exact) mass is 398 g/mol. The first-order chi connectivity index (χ1) is 9.04. The van der Waals surface area contributed by atoms with Crippen molar-refractivity contribution in [3.63, 3.8) is 0 Å². The molecule has 0 spiro atoms. The standard InChI is InChI=1S/C12H8Br2N4S/c1-5-16-4-9(19-5)12-17-10-7(11(15)18-12)2-6(13)3-8(10)14/h2-4H,1H3,(H2,15,17,18). The van der Waals surface area contributed by atoms with Gasteiger partial charge in [0.15, 0.2) is 5.82 Å². The number of hydrogen-bond acceptors (Lipinski definition) is 5. The Labute approximate surface area is 130 Å². The second kappa shape index (κ2) is 4.81. The number of anilines is 1. The van der Waals surface area contributed by atoms with E-state index >= 15 is 0 Å². The summed E-state index contributed by atoms with van der Waals surface area (Å²) in [6.07, 6.45) is 1.77. The molecule has 0 saturated carbocycles. The zero-order valence-electron chi connectivity index (χ0n) is 9.82. The fourth-order valence-corrected chi connectivity index (χ4v) is 3.78. The summed E-state index contributed by atoms with van der Waals surface area (Å²) in [5, 5.41) is 1.80. The van der Waals surface area contributed by atoms with Crippen molar-refractivity contribution in [2.24, 2.45) is 0 Å². The van der Waals surface area contributed by atoms with Gasteiger partial charge in [0.25, 0.3) is 0 Å². The Kier molecular flexibility index (Phi) is 3.28. The smallest absolute Gasteiger partial charge is 0.173 e. The largest absolute Gasteiger partial charge is 0.383 e. The van der Waals surface area contributed by atoms with E-state index in [2.05, 4.69) is 46.8 Å². The first-order valence-electron chi connectivity index (χ1n) is 5.39. The van der Waals surface area contributed by atoms with E-state index in [1.54, 1.807) is 17.5 Å². The maximum absolute atomic E-state index is 6.03. The molecule has 0 atom stereocenters. The van der Waals surface area contributed by atoms with Gasteiger partial charge in [0.2, 0.25) is 0 Å². The summed E-state index contributed by atoms with van der Waals surface area (Å²) in [5.41, 5.74) is 6.83. The quantitative estimate of drug-likeness (QED) is 0.666. The average Bonchev–Trinajstić information content (AvgIpc) is 2.77. The van der Waals surface area contributed by atoms with Gasteiger partial charge in [-0.2, -0.15) is 0 Å². The van der Waals surface area contributed by atoms with Crippen LogP contribution in [-0.2, 0) is 0 Å². The second-order valence-corrected chi connectivity index (χ2v) is 6.96. The summed E-state index contributed by atoms with van der Waals surface area (Å²) in [4.78, 5) is 14.1. The lowest BCUT2D eigenvalue weighted by Gasteiger charge is -2.06. The Hall–Kier alpha value is -1.05. The lowest BCUT2D eigenvalue weighted by Crippen LogP contribution is -1.97. The SMILES string of the molecule is Cc1ncc(-c2nc(N)c3cc(Br)cc(Br)c3n2)s1. The number of benzene rings is 1. The molecule has 0 saturated heterocycles. The van der Waals surface area contributed by atoms with Gasteiger partial charge in [-0.3, -0.25) is 0 Å².